The minimum absolute atomic E-state index is 0. The number of hydrogen-bond donors (Lipinski definition) is 0. The SMILES string of the molecule is [Ir+3].[c-]1ccc2c(oc3ccccc32)c1-c1ccc(-c2ccccc2)cn1.[c-]1ccc2c(oc3ccccc32)c1-c1ccc(-c2ccccc2)cn1.[c-]1ccc2c(oc3ccccc32)c1-c1ccc(-c2ccccc2)cn1. The van der Waals surface area contributed by atoms with Crippen molar-refractivity contribution in [3.8, 4) is 67.2 Å². The summed E-state index contributed by atoms with van der Waals surface area (Å²) < 4.78 is 18.2. The molecular formula is C69H42IrN3O3. The number of fused-ring (bicyclic) bond motifs is 9. The van der Waals surface area contributed by atoms with Crippen molar-refractivity contribution >= 4 is 65.8 Å². The Bertz CT molecular complexity index is 3980. The molecule has 0 saturated carbocycles. The Morgan fingerprint density at radius 3 is 0.803 bits per heavy atom. The van der Waals surface area contributed by atoms with E-state index in [2.05, 4.69) is 106 Å². The Kier molecular flexibility index (Phi) is 13.2. The zero-order chi connectivity index (χ0) is 49.9. The van der Waals surface area contributed by atoms with Gasteiger partial charge in [0.2, 0.25) is 0 Å². The molecule has 0 aliphatic heterocycles. The Morgan fingerprint density at radius 2 is 0.526 bits per heavy atom. The van der Waals surface area contributed by atoms with Crippen LogP contribution < -0.4 is 0 Å². The van der Waals surface area contributed by atoms with Gasteiger partial charge >= 0.3 is 20.1 Å². The Labute approximate surface area is 452 Å². The van der Waals surface area contributed by atoms with Gasteiger partial charge in [-0.05, 0) is 68.7 Å². The predicted octanol–water partition coefficient (Wildman–Crippen LogP) is 18.3. The Morgan fingerprint density at radius 1 is 0.250 bits per heavy atom. The maximum Gasteiger partial charge on any atom is 3.00 e. The van der Waals surface area contributed by atoms with E-state index in [4.69, 9.17) is 13.3 Å². The van der Waals surface area contributed by atoms with Crippen LogP contribution in [0.3, 0.4) is 0 Å². The first kappa shape index (κ1) is 47.5. The van der Waals surface area contributed by atoms with Crippen LogP contribution >= 0.6 is 0 Å². The van der Waals surface area contributed by atoms with Crippen LogP contribution in [0.1, 0.15) is 0 Å². The first-order chi connectivity index (χ1) is 37.2. The molecule has 0 amide bonds. The van der Waals surface area contributed by atoms with Crippen molar-refractivity contribution < 1.29 is 33.4 Å². The van der Waals surface area contributed by atoms with Crippen molar-refractivity contribution in [3.05, 3.63) is 273 Å². The Hall–Kier alpha value is -9.52. The van der Waals surface area contributed by atoms with E-state index in [1.165, 1.54) is 0 Å². The molecule has 6 nitrogen and oxygen atoms in total. The molecule has 7 heteroatoms. The van der Waals surface area contributed by atoms with E-state index in [1.807, 2.05) is 182 Å². The smallest absolute Gasteiger partial charge is 0.501 e. The van der Waals surface area contributed by atoms with E-state index in [-0.39, 0.29) is 20.1 Å². The van der Waals surface area contributed by atoms with Crippen molar-refractivity contribution in [2.24, 2.45) is 0 Å². The van der Waals surface area contributed by atoms with Crippen LogP contribution in [-0.4, -0.2) is 15.0 Å². The van der Waals surface area contributed by atoms with E-state index in [0.717, 1.165) is 133 Å². The first-order valence-corrected chi connectivity index (χ1v) is 24.7. The van der Waals surface area contributed by atoms with Crippen molar-refractivity contribution in [2.45, 2.75) is 0 Å². The summed E-state index contributed by atoms with van der Waals surface area (Å²) in [7, 11) is 0. The molecular weight excluding hydrogens is 1110 g/mol. The molecule has 360 valence electrons. The number of benzene rings is 9. The fourth-order valence-corrected chi connectivity index (χ4v) is 9.67. The third-order valence-electron chi connectivity index (χ3n) is 13.4. The second-order valence-electron chi connectivity index (χ2n) is 18.0. The van der Waals surface area contributed by atoms with Gasteiger partial charge in [-0.25, -0.2) is 0 Å². The zero-order valence-electron chi connectivity index (χ0n) is 40.6. The van der Waals surface area contributed by atoms with E-state index in [9.17, 15) is 0 Å². The summed E-state index contributed by atoms with van der Waals surface area (Å²) >= 11 is 0. The van der Waals surface area contributed by atoms with Gasteiger partial charge in [-0.2, -0.15) is 0 Å². The molecule has 6 aromatic heterocycles. The predicted molar refractivity (Wildman–Crippen MR) is 304 cm³/mol. The van der Waals surface area contributed by atoms with Crippen LogP contribution in [0.25, 0.3) is 133 Å². The molecule has 0 N–H and O–H groups in total. The first-order valence-electron chi connectivity index (χ1n) is 24.7. The van der Waals surface area contributed by atoms with Crippen LogP contribution in [0.5, 0.6) is 0 Å². The third-order valence-corrected chi connectivity index (χ3v) is 13.4. The second-order valence-corrected chi connectivity index (χ2v) is 18.0. The van der Waals surface area contributed by atoms with Gasteiger partial charge in [0.15, 0.2) is 0 Å². The van der Waals surface area contributed by atoms with E-state index < -0.39 is 0 Å². The number of nitrogens with zero attached hydrogens (tertiary/aromatic N) is 3. The summed E-state index contributed by atoms with van der Waals surface area (Å²) in [6.07, 6.45) is 5.71. The summed E-state index contributed by atoms with van der Waals surface area (Å²) in [5.74, 6) is 0. The van der Waals surface area contributed by atoms with Crippen LogP contribution in [-0.2, 0) is 20.1 Å². The molecule has 15 aromatic rings. The minimum atomic E-state index is 0. The van der Waals surface area contributed by atoms with E-state index >= 15 is 0 Å². The number of para-hydroxylation sites is 3. The number of rotatable bonds is 6. The van der Waals surface area contributed by atoms with Crippen LogP contribution in [0.15, 0.2) is 268 Å². The molecule has 76 heavy (non-hydrogen) atoms. The third kappa shape index (κ3) is 9.26. The van der Waals surface area contributed by atoms with Gasteiger partial charge < -0.3 is 28.2 Å². The van der Waals surface area contributed by atoms with Crippen molar-refractivity contribution in [1.29, 1.82) is 0 Å². The van der Waals surface area contributed by atoms with Gasteiger partial charge in [-0.15, -0.1) is 54.6 Å². The minimum Gasteiger partial charge on any atom is -0.501 e. The Balaban J connectivity index is 0.000000114. The topological polar surface area (TPSA) is 78.1 Å². The molecule has 6 heterocycles. The molecule has 0 unspecified atom stereocenters. The molecule has 9 aromatic carbocycles. The maximum atomic E-state index is 6.08. The molecule has 0 aliphatic rings. The molecule has 0 atom stereocenters. The molecule has 0 spiro atoms. The van der Waals surface area contributed by atoms with Crippen LogP contribution in [0.4, 0.5) is 0 Å². The van der Waals surface area contributed by atoms with Crippen molar-refractivity contribution in [2.75, 3.05) is 0 Å². The normalized spacial score (nSPS) is 11.1. The monoisotopic (exact) mass is 1150 g/mol. The van der Waals surface area contributed by atoms with E-state index in [0.29, 0.717) is 0 Å². The van der Waals surface area contributed by atoms with Gasteiger partial charge in [0, 0.05) is 34.7 Å². The molecule has 0 fully saturated rings. The van der Waals surface area contributed by atoms with Gasteiger partial charge in [0.05, 0.1) is 16.7 Å². The molecule has 0 bridgehead atoms. The number of furan rings is 3. The van der Waals surface area contributed by atoms with E-state index in [1.54, 1.807) is 0 Å². The van der Waals surface area contributed by atoms with Gasteiger partial charge in [0.1, 0.15) is 16.7 Å². The number of hydrogen-bond acceptors (Lipinski definition) is 6. The molecule has 15 rings (SSSR count). The molecule has 0 aliphatic carbocycles. The van der Waals surface area contributed by atoms with Gasteiger partial charge in [-0.1, -0.05) is 215 Å². The fourth-order valence-electron chi connectivity index (χ4n) is 9.67. The van der Waals surface area contributed by atoms with Gasteiger partial charge in [-0.3, -0.25) is 0 Å². The molecule has 0 radical (unpaired) electrons. The molecule has 0 saturated heterocycles. The van der Waals surface area contributed by atoms with Crippen LogP contribution in [0, 0.1) is 18.2 Å². The van der Waals surface area contributed by atoms with Crippen LogP contribution in [0.2, 0.25) is 0 Å². The summed E-state index contributed by atoms with van der Waals surface area (Å²) in [5.41, 5.74) is 17.2. The largest absolute Gasteiger partial charge is 3.00 e. The summed E-state index contributed by atoms with van der Waals surface area (Å²) in [4.78, 5) is 14.0. The van der Waals surface area contributed by atoms with Crippen molar-refractivity contribution in [1.82, 2.24) is 15.0 Å². The maximum absolute atomic E-state index is 6.08. The number of aromatic nitrogens is 3. The second kappa shape index (κ2) is 21.1. The standard InChI is InChI=1S/3C23H14NO.Ir/c3*1-2-7-16(8-3-1)17-13-14-21(24-15-17)20-11-6-10-19-18-9-4-5-12-22(18)25-23(19)20;/h3*1-10,12-15H;/q3*-1;+3. The summed E-state index contributed by atoms with van der Waals surface area (Å²) in [6.45, 7) is 0. The van der Waals surface area contributed by atoms with Crippen molar-refractivity contribution in [3.63, 3.8) is 0 Å². The summed E-state index contributed by atoms with van der Waals surface area (Å²) in [6, 6.07) is 89.2. The average Bonchev–Trinajstić information content (AvgIpc) is 4.22. The fraction of sp³-hybridized carbons (Fsp3) is 0. The summed E-state index contributed by atoms with van der Waals surface area (Å²) in [5, 5.41) is 6.64. The average molecular weight is 1150 g/mol. The van der Waals surface area contributed by atoms with Gasteiger partial charge in [0.25, 0.3) is 0 Å². The quantitative estimate of drug-likeness (QED) is 0.154. The number of pyridine rings is 3. The zero-order valence-corrected chi connectivity index (χ0v) is 43.0.